The fourth-order valence-corrected chi connectivity index (χ4v) is 3.34. The maximum Gasteiger partial charge on any atom is 0.254 e. The molecule has 1 aromatic carbocycles. The first kappa shape index (κ1) is 21.7. The highest BCUT2D eigenvalue weighted by Gasteiger charge is 2.21. The number of hydrogen-bond donors (Lipinski definition) is 1. The standard InChI is InChI=1S/C24H29FN4O/c1-15(2)13-29(14-20-8-7-19(12-27-20)24(4,5)25)23(30)17-6-9-21-18(11-17)10-16(3)22(26)28-21/h6-12,15H,13-14H2,1-5H3,(H2,26,28). The molecule has 30 heavy (non-hydrogen) atoms. The molecule has 0 radical (unpaired) electrons. The summed E-state index contributed by atoms with van der Waals surface area (Å²) in [5, 5.41) is 0.879. The fraction of sp³-hybridized carbons (Fsp3) is 0.375. The number of rotatable bonds is 6. The van der Waals surface area contributed by atoms with Crippen molar-refractivity contribution in [2.45, 2.75) is 46.8 Å². The van der Waals surface area contributed by atoms with Gasteiger partial charge in [-0.05, 0) is 62.6 Å². The Hall–Kier alpha value is -3.02. The van der Waals surface area contributed by atoms with Crippen LogP contribution in [0.25, 0.3) is 10.9 Å². The van der Waals surface area contributed by atoms with Crippen molar-refractivity contribution >= 4 is 22.6 Å². The van der Waals surface area contributed by atoms with E-state index in [4.69, 9.17) is 5.73 Å². The molecule has 0 saturated heterocycles. The molecule has 0 fully saturated rings. The summed E-state index contributed by atoms with van der Waals surface area (Å²) in [5.41, 5.74) is 7.93. The third-order valence-electron chi connectivity index (χ3n) is 5.03. The largest absolute Gasteiger partial charge is 0.383 e. The number of halogens is 1. The van der Waals surface area contributed by atoms with Gasteiger partial charge in [0.15, 0.2) is 0 Å². The number of benzene rings is 1. The maximum absolute atomic E-state index is 14.1. The molecule has 0 aliphatic rings. The van der Waals surface area contributed by atoms with Crippen LogP contribution in [0.3, 0.4) is 0 Å². The molecule has 0 atom stereocenters. The van der Waals surface area contributed by atoms with Crippen molar-refractivity contribution in [3.05, 3.63) is 65.0 Å². The van der Waals surface area contributed by atoms with Crippen LogP contribution in [0.2, 0.25) is 0 Å². The number of nitrogens with two attached hydrogens (primary N) is 1. The van der Waals surface area contributed by atoms with Crippen LogP contribution >= 0.6 is 0 Å². The Morgan fingerprint density at radius 1 is 1.20 bits per heavy atom. The highest BCUT2D eigenvalue weighted by atomic mass is 19.1. The van der Waals surface area contributed by atoms with Crippen LogP contribution < -0.4 is 5.73 Å². The second kappa shape index (κ2) is 8.38. The Bertz CT molecular complexity index is 1060. The number of alkyl halides is 1. The van der Waals surface area contributed by atoms with Crippen molar-refractivity contribution < 1.29 is 9.18 Å². The molecule has 0 aliphatic carbocycles. The van der Waals surface area contributed by atoms with Gasteiger partial charge in [0.25, 0.3) is 5.91 Å². The molecule has 3 aromatic rings. The van der Waals surface area contributed by atoms with Crippen molar-refractivity contribution in [1.29, 1.82) is 0 Å². The van der Waals surface area contributed by atoms with Gasteiger partial charge in [0.05, 0.1) is 17.8 Å². The number of hydrogen-bond acceptors (Lipinski definition) is 4. The van der Waals surface area contributed by atoms with Crippen molar-refractivity contribution in [2.24, 2.45) is 5.92 Å². The number of aromatic nitrogens is 2. The second-order valence-corrected chi connectivity index (χ2v) is 8.69. The van der Waals surface area contributed by atoms with Gasteiger partial charge in [0.2, 0.25) is 0 Å². The van der Waals surface area contributed by atoms with E-state index in [-0.39, 0.29) is 5.91 Å². The van der Waals surface area contributed by atoms with Crippen molar-refractivity contribution in [2.75, 3.05) is 12.3 Å². The number of fused-ring (bicyclic) bond motifs is 1. The molecule has 0 saturated carbocycles. The number of aryl methyl sites for hydroxylation is 1. The average Bonchev–Trinajstić information content (AvgIpc) is 2.67. The first-order valence-electron chi connectivity index (χ1n) is 10.1. The monoisotopic (exact) mass is 408 g/mol. The molecule has 0 unspecified atom stereocenters. The van der Waals surface area contributed by atoms with Gasteiger partial charge < -0.3 is 10.6 Å². The average molecular weight is 409 g/mol. The molecular weight excluding hydrogens is 379 g/mol. The summed E-state index contributed by atoms with van der Waals surface area (Å²) >= 11 is 0. The molecule has 5 nitrogen and oxygen atoms in total. The zero-order valence-electron chi connectivity index (χ0n) is 18.2. The molecule has 0 bridgehead atoms. The lowest BCUT2D eigenvalue weighted by atomic mass is 10.0. The van der Waals surface area contributed by atoms with Gasteiger partial charge >= 0.3 is 0 Å². The number of nitrogens with zero attached hydrogens (tertiary/aromatic N) is 3. The van der Waals surface area contributed by atoms with Gasteiger partial charge in [-0.3, -0.25) is 9.78 Å². The molecule has 2 aromatic heterocycles. The minimum Gasteiger partial charge on any atom is -0.383 e. The fourth-order valence-electron chi connectivity index (χ4n) is 3.34. The number of amides is 1. The lowest BCUT2D eigenvalue weighted by molar-refractivity contribution is 0.0720. The van der Waals surface area contributed by atoms with Crippen LogP contribution in [0, 0.1) is 12.8 Å². The molecule has 3 rings (SSSR count). The number of anilines is 1. The van der Waals surface area contributed by atoms with E-state index in [2.05, 4.69) is 23.8 Å². The first-order chi connectivity index (χ1) is 14.0. The quantitative estimate of drug-likeness (QED) is 0.621. The molecule has 2 heterocycles. The summed E-state index contributed by atoms with van der Waals surface area (Å²) in [5.74, 6) is 0.716. The summed E-state index contributed by atoms with van der Waals surface area (Å²) in [6, 6.07) is 10.9. The zero-order valence-corrected chi connectivity index (χ0v) is 18.2. The van der Waals surface area contributed by atoms with Gasteiger partial charge in [-0.25, -0.2) is 9.37 Å². The van der Waals surface area contributed by atoms with E-state index in [1.54, 1.807) is 29.3 Å². The van der Waals surface area contributed by atoms with Crippen LogP contribution in [-0.2, 0) is 12.2 Å². The highest BCUT2D eigenvalue weighted by molar-refractivity contribution is 5.98. The Morgan fingerprint density at radius 3 is 2.53 bits per heavy atom. The van der Waals surface area contributed by atoms with Gasteiger partial charge in [0.1, 0.15) is 11.5 Å². The normalized spacial score (nSPS) is 11.8. The minimum atomic E-state index is -1.44. The van der Waals surface area contributed by atoms with Gasteiger partial charge in [-0.2, -0.15) is 0 Å². The van der Waals surface area contributed by atoms with E-state index >= 15 is 0 Å². The lowest BCUT2D eigenvalue weighted by Crippen LogP contribution is -2.34. The number of carbonyl (C=O) groups excluding carboxylic acids is 1. The summed E-state index contributed by atoms with van der Waals surface area (Å²) in [6.07, 6.45) is 1.54. The van der Waals surface area contributed by atoms with E-state index in [1.807, 2.05) is 25.1 Å². The summed E-state index contributed by atoms with van der Waals surface area (Å²) in [7, 11) is 0. The molecule has 2 N–H and O–H groups in total. The summed E-state index contributed by atoms with van der Waals surface area (Å²) in [4.78, 5) is 23.8. The molecule has 1 amide bonds. The van der Waals surface area contributed by atoms with E-state index in [1.165, 1.54) is 13.8 Å². The Kier molecular flexibility index (Phi) is 6.06. The van der Waals surface area contributed by atoms with E-state index in [9.17, 15) is 9.18 Å². The van der Waals surface area contributed by atoms with Crippen molar-refractivity contribution in [3.63, 3.8) is 0 Å². The number of nitrogen functional groups attached to an aromatic ring is 1. The molecule has 158 valence electrons. The minimum absolute atomic E-state index is 0.0724. The Labute approximate surface area is 177 Å². The van der Waals surface area contributed by atoms with E-state index in [0.29, 0.717) is 36.0 Å². The molecule has 0 spiro atoms. The molecular formula is C24H29FN4O. The maximum atomic E-state index is 14.1. The number of pyridine rings is 2. The number of carbonyl (C=O) groups is 1. The first-order valence-corrected chi connectivity index (χ1v) is 10.1. The smallest absolute Gasteiger partial charge is 0.254 e. The molecule has 6 heteroatoms. The van der Waals surface area contributed by atoms with E-state index in [0.717, 1.165) is 22.2 Å². The predicted molar refractivity (Wildman–Crippen MR) is 119 cm³/mol. The summed E-state index contributed by atoms with van der Waals surface area (Å²) in [6.45, 7) is 9.99. The van der Waals surface area contributed by atoms with Crippen LogP contribution in [-0.4, -0.2) is 27.3 Å². The lowest BCUT2D eigenvalue weighted by Gasteiger charge is -2.25. The zero-order chi connectivity index (χ0) is 22.1. The van der Waals surface area contributed by atoms with Crippen LogP contribution in [0.15, 0.2) is 42.6 Å². The Morgan fingerprint density at radius 2 is 1.93 bits per heavy atom. The third kappa shape index (κ3) is 4.93. The molecule has 0 aliphatic heterocycles. The van der Waals surface area contributed by atoms with E-state index < -0.39 is 5.67 Å². The van der Waals surface area contributed by atoms with Crippen LogP contribution in [0.4, 0.5) is 10.2 Å². The van der Waals surface area contributed by atoms with Crippen molar-refractivity contribution in [3.8, 4) is 0 Å². The van der Waals surface area contributed by atoms with Gasteiger partial charge in [0, 0.05) is 29.3 Å². The SMILES string of the molecule is Cc1cc2cc(C(=O)N(Cc3ccc(C(C)(C)F)cn3)CC(C)C)ccc2nc1N. The highest BCUT2D eigenvalue weighted by Crippen LogP contribution is 2.24. The Balaban J connectivity index is 1.88. The topological polar surface area (TPSA) is 72.1 Å². The van der Waals surface area contributed by atoms with Crippen molar-refractivity contribution in [1.82, 2.24) is 14.9 Å². The van der Waals surface area contributed by atoms with Gasteiger partial charge in [-0.1, -0.05) is 19.9 Å². The van der Waals surface area contributed by atoms with Crippen LogP contribution in [0.5, 0.6) is 0 Å². The summed E-state index contributed by atoms with van der Waals surface area (Å²) < 4.78 is 14.1. The van der Waals surface area contributed by atoms with Gasteiger partial charge in [-0.15, -0.1) is 0 Å². The second-order valence-electron chi connectivity index (χ2n) is 8.69. The third-order valence-corrected chi connectivity index (χ3v) is 5.03. The predicted octanol–water partition coefficient (Wildman–Crippen LogP) is 5.02. The van der Waals surface area contributed by atoms with Crippen LogP contribution in [0.1, 0.15) is 54.9 Å².